The van der Waals surface area contributed by atoms with Crippen molar-refractivity contribution >= 4 is 29.8 Å². The molecule has 0 bridgehead atoms. The van der Waals surface area contributed by atoms with E-state index in [9.17, 15) is 9.18 Å². The summed E-state index contributed by atoms with van der Waals surface area (Å²) in [5, 5.41) is 11.8. The number of aryl methyl sites for hydroxylation is 1. The molecule has 32 heavy (non-hydrogen) atoms. The van der Waals surface area contributed by atoms with Crippen LogP contribution >= 0.6 is 23.9 Å². The fraction of sp³-hybridized carbons (Fsp3) is 0.318. The first kappa shape index (κ1) is 25.5. The van der Waals surface area contributed by atoms with Gasteiger partial charge >= 0.3 is 0 Å². The quantitative estimate of drug-likeness (QED) is 0.437. The summed E-state index contributed by atoms with van der Waals surface area (Å²) in [6.45, 7) is 0.715. The van der Waals surface area contributed by atoms with Gasteiger partial charge in [-0.1, -0.05) is 22.7 Å². The van der Waals surface area contributed by atoms with Crippen molar-refractivity contribution in [2.24, 2.45) is 0 Å². The summed E-state index contributed by atoms with van der Waals surface area (Å²) in [6, 6.07) is 11.6. The van der Waals surface area contributed by atoms with Gasteiger partial charge in [-0.3, -0.25) is 4.79 Å². The van der Waals surface area contributed by atoms with E-state index in [1.807, 2.05) is 23.6 Å². The molecule has 0 fully saturated rings. The first-order chi connectivity index (χ1) is 15.1. The van der Waals surface area contributed by atoms with Gasteiger partial charge in [-0.05, 0) is 59.8 Å². The summed E-state index contributed by atoms with van der Waals surface area (Å²) in [4.78, 5) is 12.2. The van der Waals surface area contributed by atoms with Gasteiger partial charge in [0.2, 0.25) is 5.91 Å². The second-order valence-corrected chi connectivity index (χ2v) is 7.50. The van der Waals surface area contributed by atoms with Crippen LogP contribution in [0.5, 0.6) is 11.5 Å². The third-order valence-corrected chi connectivity index (χ3v) is 5.28. The molecule has 172 valence electrons. The minimum atomic E-state index is -0.360. The lowest BCUT2D eigenvalue weighted by Crippen LogP contribution is -2.42. The number of benzene rings is 2. The highest BCUT2D eigenvalue weighted by Crippen LogP contribution is 2.29. The molecule has 2 N–H and O–H groups in total. The first-order valence-corrected chi connectivity index (χ1v) is 10.7. The van der Waals surface area contributed by atoms with Gasteiger partial charge < -0.3 is 20.1 Å². The molecule has 0 aliphatic heterocycles. The van der Waals surface area contributed by atoms with Crippen LogP contribution in [0.2, 0.25) is 0 Å². The molecule has 1 atom stereocenters. The normalized spacial score (nSPS) is 11.3. The second kappa shape index (κ2) is 12.9. The van der Waals surface area contributed by atoms with Crippen molar-refractivity contribution in [3.63, 3.8) is 0 Å². The number of rotatable bonds is 11. The van der Waals surface area contributed by atoms with Crippen LogP contribution in [0.4, 0.5) is 4.39 Å². The van der Waals surface area contributed by atoms with Crippen molar-refractivity contribution in [1.29, 1.82) is 0 Å². The SMILES string of the molecule is CNC(=O)C(CCc1ccc(OCc2cccc(F)c2)c(OC)c1)NCc1csnn1.Cl. The van der Waals surface area contributed by atoms with Crippen LogP contribution in [0.25, 0.3) is 0 Å². The van der Waals surface area contributed by atoms with Gasteiger partial charge in [0.05, 0.1) is 18.8 Å². The van der Waals surface area contributed by atoms with Crippen LogP contribution in [-0.4, -0.2) is 35.7 Å². The maximum atomic E-state index is 13.3. The molecule has 3 aromatic rings. The van der Waals surface area contributed by atoms with E-state index < -0.39 is 0 Å². The molecule has 0 saturated carbocycles. The van der Waals surface area contributed by atoms with Crippen LogP contribution < -0.4 is 20.1 Å². The van der Waals surface area contributed by atoms with E-state index in [4.69, 9.17) is 9.47 Å². The Morgan fingerprint density at radius 1 is 1.19 bits per heavy atom. The Labute approximate surface area is 196 Å². The zero-order valence-electron chi connectivity index (χ0n) is 17.8. The Hall–Kier alpha value is -2.75. The third kappa shape index (κ3) is 7.44. The predicted octanol–water partition coefficient (Wildman–Crippen LogP) is 3.52. The molecule has 0 aliphatic carbocycles. The average Bonchev–Trinajstić information content (AvgIpc) is 3.31. The molecule has 0 radical (unpaired) electrons. The predicted molar refractivity (Wildman–Crippen MR) is 124 cm³/mol. The molecule has 7 nitrogen and oxygen atoms in total. The Balaban J connectivity index is 0.00000363. The highest BCUT2D eigenvalue weighted by Gasteiger charge is 2.17. The highest BCUT2D eigenvalue weighted by atomic mass is 35.5. The van der Waals surface area contributed by atoms with Crippen molar-refractivity contribution in [2.45, 2.75) is 32.0 Å². The number of halogens is 2. The lowest BCUT2D eigenvalue weighted by atomic mass is 10.0. The van der Waals surface area contributed by atoms with Crippen LogP contribution in [-0.2, 0) is 24.4 Å². The highest BCUT2D eigenvalue weighted by molar-refractivity contribution is 7.03. The minimum Gasteiger partial charge on any atom is -0.493 e. The van der Waals surface area contributed by atoms with Crippen LogP contribution in [0.3, 0.4) is 0 Å². The lowest BCUT2D eigenvalue weighted by Gasteiger charge is -2.17. The fourth-order valence-corrected chi connectivity index (χ4v) is 3.53. The van der Waals surface area contributed by atoms with E-state index >= 15 is 0 Å². The number of nitrogens with one attached hydrogen (secondary N) is 2. The summed E-state index contributed by atoms with van der Waals surface area (Å²) in [7, 11) is 3.19. The summed E-state index contributed by atoms with van der Waals surface area (Å²) < 4.78 is 28.4. The molecule has 1 aromatic heterocycles. The van der Waals surface area contributed by atoms with Gasteiger partial charge in [0.1, 0.15) is 12.4 Å². The van der Waals surface area contributed by atoms with Crippen molar-refractivity contribution in [3.05, 3.63) is 70.5 Å². The number of ether oxygens (including phenoxy) is 2. The van der Waals surface area contributed by atoms with E-state index in [-0.39, 0.29) is 36.8 Å². The lowest BCUT2D eigenvalue weighted by molar-refractivity contribution is -0.122. The van der Waals surface area contributed by atoms with E-state index in [0.717, 1.165) is 16.8 Å². The summed E-state index contributed by atoms with van der Waals surface area (Å²) in [5.74, 6) is 0.790. The molecule has 3 rings (SSSR count). The van der Waals surface area contributed by atoms with Crippen LogP contribution in [0, 0.1) is 5.82 Å². The summed E-state index contributed by atoms with van der Waals surface area (Å²) >= 11 is 1.28. The number of carbonyl (C=O) groups is 1. The number of aromatic nitrogens is 2. The second-order valence-electron chi connectivity index (χ2n) is 6.89. The topological polar surface area (TPSA) is 85.4 Å². The number of methoxy groups -OCH3 is 1. The number of likely N-dealkylation sites (N-methyl/N-ethyl adjacent to an activating group) is 1. The third-order valence-electron chi connectivity index (χ3n) is 4.73. The van der Waals surface area contributed by atoms with Crippen molar-refractivity contribution in [2.75, 3.05) is 14.2 Å². The van der Waals surface area contributed by atoms with Gasteiger partial charge in [0.25, 0.3) is 0 Å². The summed E-state index contributed by atoms with van der Waals surface area (Å²) in [5.41, 5.74) is 2.56. The number of hydrogen-bond acceptors (Lipinski definition) is 7. The fourth-order valence-electron chi connectivity index (χ4n) is 3.07. The van der Waals surface area contributed by atoms with Gasteiger partial charge in [0, 0.05) is 19.0 Å². The Morgan fingerprint density at radius 3 is 2.72 bits per heavy atom. The number of hydrogen-bond donors (Lipinski definition) is 2. The molecule has 1 unspecified atom stereocenters. The zero-order valence-corrected chi connectivity index (χ0v) is 19.5. The Bertz CT molecular complexity index is 991. The molecule has 2 aromatic carbocycles. The van der Waals surface area contributed by atoms with Gasteiger partial charge in [-0.15, -0.1) is 17.5 Å². The molecule has 0 saturated heterocycles. The first-order valence-electron chi connectivity index (χ1n) is 9.84. The average molecular weight is 481 g/mol. The molecule has 10 heteroatoms. The van der Waals surface area contributed by atoms with Crippen molar-refractivity contribution < 1.29 is 18.7 Å². The molecular formula is C22H26ClFN4O3S. The maximum absolute atomic E-state index is 13.3. The molecule has 0 spiro atoms. The van der Waals surface area contributed by atoms with Crippen LogP contribution in [0.1, 0.15) is 23.2 Å². The standard InChI is InChI=1S/C22H25FN4O3S.ClH/c1-24-22(28)19(25-12-18-14-31-27-26-18)8-6-15-7-9-20(21(11-15)29-2)30-13-16-4-3-5-17(23)10-16;/h3-5,7,9-11,14,19,25H,6,8,12-13H2,1-2H3,(H,24,28);1H. The molecule has 1 amide bonds. The van der Waals surface area contributed by atoms with Crippen molar-refractivity contribution in [3.8, 4) is 11.5 Å². The Kier molecular flexibility index (Phi) is 10.3. The largest absolute Gasteiger partial charge is 0.493 e. The summed E-state index contributed by atoms with van der Waals surface area (Å²) in [6.07, 6.45) is 1.27. The Morgan fingerprint density at radius 2 is 2.03 bits per heavy atom. The van der Waals surface area contributed by atoms with E-state index in [2.05, 4.69) is 20.2 Å². The number of carbonyl (C=O) groups excluding carboxylic acids is 1. The van der Waals surface area contributed by atoms with Gasteiger partial charge in [0.15, 0.2) is 11.5 Å². The van der Waals surface area contributed by atoms with Gasteiger partial charge in [-0.2, -0.15) is 0 Å². The van der Waals surface area contributed by atoms with Crippen LogP contribution in [0.15, 0.2) is 47.8 Å². The molecule has 0 aliphatic rings. The number of nitrogens with zero attached hydrogens (tertiary/aromatic N) is 2. The van der Waals surface area contributed by atoms with Crippen molar-refractivity contribution in [1.82, 2.24) is 20.2 Å². The van der Waals surface area contributed by atoms with Gasteiger partial charge in [-0.25, -0.2) is 4.39 Å². The monoisotopic (exact) mass is 480 g/mol. The maximum Gasteiger partial charge on any atom is 0.236 e. The van der Waals surface area contributed by atoms with E-state index in [1.165, 1.54) is 23.7 Å². The smallest absolute Gasteiger partial charge is 0.236 e. The minimum absolute atomic E-state index is 0. The van der Waals surface area contributed by atoms with E-state index in [0.29, 0.717) is 30.9 Å². The van der Waals surface area contributed by atoms with E-state index in [1.54, 1.807) is 26.3 Å². The zero-order chi connectivity index (χ0) is 22.1. The molecule has 1 heterocycles. The number of amides is 1. The molecular weight excluding hydrogens is 455 g/mol.